The molecule has 100 valence electrons. The van der Waals surface area contributed by atoms with Crippen molar-refractivity contribution in [1.82, 2.24) is 15.3 Å². The summed E-state index contributed by atoms with van der Waals surface area (Å²) in [4.78, 5) is 10.6. The first kappa shape index (κ1) is 13.4. The average molecular weight is 260 g/mol. The summed E-state index contributed by atoms with van der Waals surface area (Å²) in [5.41, 5.74) is 1.04. The summed E-state index contributed by atoms with van der Waals surface area (Å²) >= 11 is 0. The summed E-state index contributed by atoms with van der Waals surface area (Å²) in [6.07, 6.45) is 1.75. The van der Waals surface area contributed by atoms with Crippen LogP contribution in [0.5, 0.6) is 0 Å². The van der Waals surface area contributed by atoms with Gasteiger partial charge < -0.3 is 10.2 Å². The van der Waals surface area contributed by atoms with E-state index in [0.717, 1.165) is 17.2 Å². The minimum Gasteiger partial charge on any atom is -0.355 e. The van der Waals surface area contributed by atoms with Crippen molar-refractivity contribution in [2.75, 3.05) is 19.0 Å². The van der Waals surface area contributed by atoms with Gasteiger partial charge in [0.1, 0.15) is 17.5 Å². The minimum absolute atomic E-state index is 0.218. The Balaban J connectivity index is 2.08. The molecule has 1 N–H and O–H groups in total. The van der Waals surface area contributed by atoms with Gasteiger partial charge in [0.15, 0.2) is 0 Å². The van der Waals surface area contributed by atoms with E-state index in [1.165, 1.54) is 12.1 Å². The van der Waals surface area contributed by atoms with Gasteiger partial charge in [0.2, 0.25) is 0 Å². The molecule has 0 fully saturated rings. The van der Waals surface area contributed by atoms with Gasteiger partial charge >= 0.3 is 0 Å². The van der Waals surface area contributed by atoms with E-state index in [1.54, 1.807) is 18.3 Å². The van der Waals surface area contributed by atoms with Crippen molar-refractivity contribution in [3.8, 4) is 0 Å². The Morgan fingerprint density at radius 3 is 2.63 bits per heavy atom. The van der Waals surface area contributed by atoms with Crippen LogP contribution in [0.25, 0.3) is 0 Å². The van der Waals surface area contributed by atoms with Gasteiger partial charge in [0.25, 0.3) is 0 Å². The molecule has 1 aromatic carbocycles. The maximum Gasteiger partial charge on any atom is 0.144 e. The third-order valence-electron chi connectivity index (χ3n) is 2.75. The van der Waals surface area contributed by atoms with Gasteiger partial charge in [-0.25, -0.2) is 14.4 Å². The van der Waals surface area contributed by atoms with E-state index in [2.05, 4.69) is 15.3 Å². The Labute approximate surface area is 112 Å². The molecule has 0 spiro atoms. The van der Waals surface area contributed by atoms with Gasteiger partial charge in [-0.05, 0) is 30.8 Å². The first-order valence-electron chi connectivity index (χ1n) is 6.11. The van der Waals surface area contributed by atoms with Crippen molar-refractivity contribution < 1.29 is 4.39 Å². The van der Waals surface area contributed by atoms with Crippen LogP contribution in [0.4, 0.5) is 10.2 Å². The predicted octanol–water partition coefficient (Wildman–Crippen LogP) is 1.97. The number of hydrogen-bond donors (Lipinski definition) is 1. The molecule has 0 bridgehead atoms. The van der Waals surface area contributed by atoms with Crippen LogP contribution in [-0.2, 0) is 13.1 Å². The molecular formula is C14H17FN4. The zero-order valence-corrected chi connectivity index (χ0v) is 11.1. The van der Waals surface area contributed by atoms with Crippen LogP contribution in [-0.4, -0.2) is 24.1 Å². The van der Waals surface area contributed by atoms with Crippen LogP contribution in [0.1, 0.15) is 11.4 Å². The highest BCUT2D eigenvalue weighted by atomic mass is 19.1. The monoisotopic (exact) mass is 260 g/mol. The fourth-order valence-electron chi connectivity index (χ4n) is 1.79. The number of halogens is 1. The van der Waals surface area contributed by atoms with Gasteiger partial charge in [-0.15, -0.1) is 0 Å². The quantitative estimate of drug-likeness (QED) is 0.892. The highest BCUT2D eigenvalue weighted by molar-refractivity contribution is 5.37. The maximum absolute atomic E-state index is 12.8. The summed E-state index contributed by atoms with van der Waals surface area (Å²) < 4.78 is 12.8. The molecule has 2 rings (SSSR count). The summed E-state index contributed by atoms with van der Waals surface area (Å²) in [7, 11) is 3.81. The third kappa shape index (κ3) is 3.72. The molecule has 0 saturated heterocycles. The SMILES string of the molecule is CNCc1nccc(N(C)Cc2ccc(F)cc2)n1. The second-order valence-electron chi connectivity index (χ2n) is 4.34. The highest BCUT2D eigenvalue weighted by Gasteiger charge is 2.05. The number of nitrogens with zero attached hydrogens (tertiary/aromatic N) is 3. The molecule has 0 amide bonds. The summed E-state index contributed by atoms with van der Waals surface area (Å²) in [5.74, 6) is 1.39. The molecule has 4 nitrogen and oxygen atoms in total. The third-order valence-corrected chi connectivity index (χ3v) is 2.75. The summed E-state index contributed by atoms with van der Waals surface area (Å²) in [5, 5.41) is 3.02. The van der Waals surface area contributed by atoms with Gasteiger partial charge in [-0.2, -0.15) is 0 Å². The van der Waals surface area contributed by atoms with Crippen LogP contribution in [0.2, 0.25) is 0 Å². The summed E-state index contributed by atoms with van der Waals surface area (Å²) in [6.45, 7) is 1.31. The smallest absolute Gasteiger partial charge is 0.144 e. The molecular weight excluding hydrogens is 243 g/mol. The largest absolute Gasteiger partial charge is 0.355 e. The zero-order chi connectivity index (χ0) is 13.7. The van der Waals surface area contributed by atoms with Gasteiger partial charge in [0.05, 0.1) is 6.54 Å². The topological polar surface area (TPSA) is 41.1 Å². The van der Waals surface area contributed by atoms with Crippen molar-refractivity contribution in [2.24, 2.45) is 0 Å². The van der Waals surface area contributed by atoms with Crippen LogP contribution in [0, 0.1) is 5.82 Å². The number of nitrogens with one attached hydrogen (secondary N) is 1. The van der Waals surface area contributed by atoms with Gasteiger partial charge in [-0.1, -0.05) is 12.1 Å². The standard InChI is InChI=1S/C14H17FN4/c1-16-9-13-17-8-7-14(18-13)19(2)10-11-3-5-12(15)6-4-11/h3-8,16H,9-10H2,1-2H3. The zero-order valence-electron chi connectivity index (χ0n) is 11.1. The van der Waals surface area contributed by atoms with E-state index in [-0.39, 0.29) is 5.82 Å². The lowest BCUT2D eigenvalue weighted by Gasteiger charge is -2.18. The van der Waals surface area contributed by atoms with Crippen LogP contribution < -0.4 is 10.2 Å². The van der Waals surface area contributed by atoms with Crippen LogP contribution >= 0.6 is 0 Å². The fraction of sp³-hybridized carbons (Fsp3) is 0.286. The van der Waals surface area contributed by atoms with E-state index in [1.807, 2.05) is 25.1 Å². The molecule has 19 heavy (non-hydrogen) atoms. The lowest BCUT2D eigenvalue weighted by atomic mass is 10.2. The fourth-order valence-corrected chi connectivity index (χ4v) is 1.79. The van der Waals surface area contributed by atoms with Crippen LogP contribution in [0.15, 0.2) is 36.5 Å². The van der Waals surface area contributed by atoms with E-state index >= 15 is 0 Å². The number of benzene rings is 1. The van der Waals surface area contributed by atoms with Crippen molar-refractivity contribution in [3.63, 3.8) is 0 Å². The Bertz CT molecular complexity index is 527. The lowest BCUT2D eigenvalue weighted by molar-refractivity contribution is 0.627. The van der Waals surface area contributed by atoms with Gasteiger partial charge in [0, 0.05) is 19.8 Å². The van der Waals surface area contributed by atoms with Crippen molar-refractivity contribution in [3.05, 3.63) is 53.7 Å². The first-order valence-corrected chi connectivity index (χ1v) is 6.11. The molecule has 2 aromatic rings. The Morgan fingerprint density at radius 1 is 1.21 bits per heavy atom. The molecule has 0 aliphatic rings. The molecule has 0 unspecified atom stereocenters. The minimum atomic E-state index is -0.218. The van der Waals surface area contributed by atoms with Crippen molar-refractivity contribution in [1.29, 1.82) is 0 Å². The van der Waals surface area contributed by atoms with Crippen molar-refractivity contribution >= 4 is 5.82 Å². The Morgan fingerprint density at radius 2 is 1.95 bits per heavy atom. The average Bonchev–Trinajstić information content (AvgIpc) is 2.42. The second-order valence-corrected chi connectivity index (χ2v) is 4.34. The van der Waals surface area contributed by atoms with Gasteiger partial charge in [-0.3, -0.25) is 0 Å². The van der Waals surface area contributed by atoms with Crippen molar-refractivity contribution in [2.45, 2.75) is 13.1 Å². The Hall–Kier alpha value is -2.01. The molecule has 1 aromatic heterocycles. The molecule has 5 heteroatoms. The number of aromatic nitrogens is 2. The molecule has 0 aliphatic heterocycles. The maximum atomic E-state index is 12.8. The summed E-state index contributed by atoms with van der Waals surface area (Å²) in [6, 6.07) is 8.36. The van der Waals surface area contributed by atoms with E-state index in [0.29, 0.717) is 13.1 Å². The molecule has 0 aliphatic carbocycles. The number of rotatable bonds is 5. The second kappa shape index (κ2) is 6.24. The first-order chi connectivity index (χ1) is 9.19. The lowest BCUT2D eigenvalue weighted by Crippen LogP contribution is -2.19. The highest BCUT2D eigenvalue weighted by Crippen LogP contribution is 2.12. The molecule has 1 heterocycles. The number of hydrogen-bond acceptors (Lipinski definition) is 4. The number of anilines is 1. The van der Waals surface area contributed by atoms with E-state index in [9.17, 15) is 4.39 Å². The Kier molecular flexibility index (Phi) is 4.41. The predicted molar refractivity (Wildman–Crippen MR) is 73.3 cm³/mol. The normalized spacial score (nSPS) is 10.5. The molecule has 0 saturated carbocycles. The molecule has 0 atom stereocenters. The van der Waals surface area contributed by atoms with Crippen LogP contribution in [0.3, 0.4) is 0 Å². The van der Waals surface area contributed by atoms with E-state index in [4.69, 9.17) is 0 Å². The van der Waals surface area contributed by atoms with E-state index < -0.39 is 0 Å². The molecule has 0 radical (unpaired) electrons.